The second-order valence-electron chi connectivity index (χ2n) is 7.37. The van der Waals surface area contributed by atoms with Crippen LogP contribution in [0.3, 0.4) is 0 Å². The number of nitrogens with zero attached hydrogens (tertiary/aromatic N) is 2. The molecule has 2 N–H and O–H groups in total. The van der Waals surface area contributed by atoms with Crippen LogP contribution in [-0.2, 0) is 0 Å². The van der Waals surface area contributed by atoms with Crippen molar-refractivity contribution >= 4 is 11.8 Å². The zero-order valence-electron chi connectivity index (χ0n) is 18.8. The summed E-state index contributed by atoms with van der Waals surface area (Å²) in [4.78, 5) is 25.1. The molecule has 168 valence electrons. The van der Waals surface area contributed by atoms with Crippen molar-refractivity contribution in [3.8, 4) is 17.2 Å². The fraction of sp³-hybridized carbons (Fsp3) is 0.292. The number of ether oxygens (including phenoxy) is 2. The standard InChI is InChI=1S/C24H28N4O4/c1-5-6-13-32-21-12-9-18(14-22(21)31-4)23(29)26-27-24(30)20-15-25-28(17(20)3)19-10-7-16(2)8-11-19/h7-12,14-15H,5-6,13H2,1-4H3,(H,26,29)(H,27,30). The van der Waals surface area contributed by atoms with E-state index < -0.39 is 11.8 Å². The Morgan fingerprint density at radius 3 is 2.41 bits per heavy atom. The summed E-state index contributed by atoms with van der Waals surface area (Å²) in [6, 6.07) is 12.7. The third-order valence-corrected chi connectivity index (χ3v) is 5.00. The summed E-state index contributed by atoms with van der Waals surface area (Å²) in [7, 11) is 1.51. The van der Waals surface area contributed by atoms with Gasteiger partial charge >= 0.3 is 0 Å². The SMILES string of the molecule is CCCCOc1ccc(C(=O)NNC(=O)c2cnn(-c3ccc(C)cc3)c2C)cc1OC. The van der Waals surface area contributed by atoms with Crippen molar-refractivity contribution in [1.29, 1.82) is 0 Å². The van der Waals surface area contributed by atoms with Gasteiger partial charge in [0.15, 0.2) is 11.5 Å². The highest BCUT2D eigenvalue weighted by molar-refractivity contribution is 5.99. The summed E-state index contributed by atoms with van der Waals surface area (Å²) in [5.41, 5.74) is 8.22. The van der Waals surface area contributed by atoms with Gasteiger partial charge in [-0.1, -0.05) is 31.0 Å². The molecule has 0 spiro atoms. The van der Waals surface area contributed by atoms with E-state index in [0.29, 0.717) is 34.9 Å². The molecule has 3 rings (SSSR count). The second-order valence-corrected chi connectivity index (χ2v) is 7.37. The summed E-state index contributed by atoms with van der Waals surface area (Å²) in [5, 5.41) is 4.30. The number of unbranched alkanes of at least 4 members (excludes halogenated alkanes) is 1. The van der Waals surface area contributed by atoms with Crippen molar-refractivity contribution in [2.75, 3.05) is 13.7 Å². The molecule has 0 aliphatic rings. The van der Waals surface area contributed by atoms with Crippen LogP contribution < -0.4 is 20.3 Å². The van der Waals surface area contributed by atoms with E-state index in [9.17, 15) is 9.59 Å². The van der Waals surface area contributed by atoms with Gasteiger partial charge in [0.05, 0.1) is 36.9 Å². The van der Waals surface area contributed by atoms with Crippen LogP contribution in [0.2, 0.25) is 0 Å². The van der Waals surface area contributed by atoms with E-state index in [1.165, 1.54) is 13.3 Å². The lowest BCUT2D eigenvalue weighted by molar-refractivity contribution is 0.0846. The highest BCUT2D eigenvalue weighted by Gasteiger charge is 2.17. The van der Waals surface area contributed by atoms with E-state index in [1.807, 2.05) is 31.2 Å². The summed E-state index contributed by atoms with van der Waals surface area (Å²) in [6.45, 7) is 6.46. The van der Waals surface area contributed by atoms with Gasteiger partial charge in [0.2, 0.25) is 0 Å². The van der Waals surface area contributed by atoms with Crippen LogP contribution in [0.15, 0.2) is 48.7 Å². The van der Waals surface area contributed by atoms with E-state index in [-0.39, 0.29) is 0 Å². The van der Waals surface area contributed by atoms with Gasteiger partial charge in [-0.05, 0) is 50.6 Å². The maximum absolute atomic E-state index is 12.6. The number of hydrogen-bond acceptors (Lipinski definition) is 5. The lowest BCUT2D eigenvalue weighted by atomic mass is 10.2. The number of carbonyl (C=O) groups excluding carboxylic acids is 2. The van der Waals surface area contributed by atoms with Gasteiger partial charge in [-0.15, -0.1) is 0 Å². The number of aryl methyl sites for hydroxylation is 1. The maximum atomic E-state index is 12.6. The van der Waals surface area contributed by atoms with Crippen molar-refractivity contribution in [3.63, 3.8) is 0 Å². The number of aromatic nitrogens is 2. The molecular formula is C24H28N4O4. The van der Waals surface area contributed by atoms with Crippen LogP contribution in [0.5, 0.6) is 11.5 Å². The summed E-state index contributed by atoms with van der Waals surface area (Å²) < 4.78 is 12.7. The topological polar surface area (TPSA) is 94.5 Å². The Kier molecular flexibility index (Phi) is 7.49. The monoisotopic (exact) mass is 436 g/mol. The molecule has 8 nitrogen and oxygen atoms in total. The third kappa shape index (κ3) is 5.26. The molecule has 3 aromatic rings. The van der Waals surface area contributed by atoms with Gasteiger partial charge in [-0.2, -0.15) is 5.10 Å². The minimum absolute atomic E-state index is 0.331. The zero-order chi connectivity index (χ0) is 23.1. The molecule has 1 heterocycles. The third-order valence-electron chi connectivity index (χ3n) is 5.00. The first-order chi connectivity index (χ1) is 15.4. The first kappa shape index (κ1) is 22.9. The van der Waals surface area contributed by atoms with Crippen LogP contribution in [0.1, 0.15) is 51.7 Å². The Morgan fingerprint density at radius 2 is 1.72 bits per heavy atom. The number of rotatable bonds is 8. The van der Waals surface area contributed by atoms with Gasteiger partial charge in [-0.3, -0.25) is 20.4 Å². The average Bonchev–Trinajstić information content (AvgIpc) is 3.19. The number of carbonyl (C=O) groups is 2. The summed E-state index contributed by atoms with van der Waals surface area (Å²) in [6.07, 6.45) is 3.42. The largest absolute Gasteiger partial charge is 0.493 e. The average molecular weight is 437 g/mol. The fourth-order valence-electron chi connectivity index (χ4n) is 3.09. The smallest absolute Gasteiger partial charge is 0.273 e. The molecule has 32 heavy (non-hydrogen) atoms. The van der Waals surface area contributed by atoms with Crippen molar-refractivity contribution in [2.45, 2.75) is 33.6 Å². The number of hydrazine groups is 1. The molecule has 0 radical (unpaired) electrons. The molecule has 8 heteroatoms. The molecule has 0 unspecified atom stereocenters. The van der Waals surface area contributed by atoms with Gasteiger partial charge in [0.1, 0.15) is 0 Å². The van der Waals surface area contributed by atoms with Crippen LogP contribution in [-0.4, -0.2) is 35.3 Å². The Labute approximate surface area is 187 Å². The number of benzene rings is 2. The van der Waals surface area contributed by atoms with Crippen LogP contribution in [0.25, 0.3) is 5.69 Å². The number of methoxy groups -OCH3 is 1. The normalized spacial score (nSPS) is 10.5. The lowest BCUT2D eigenvalue weighted by Gasteiger charge is -2.12. The minimum atomic E-state index is -0.472. The van der Waals surface area contributed by atoms with Gasteiger partial charge in [-0.25, -0.2) is 4.68 Å². The van der Waals surface area contributed by atoms with Crippen molar-refractivity contribution < 1.29 is 19.1 Å². The number of amides is 2. The first-order valence-electron chi connectivity index (χ1n) is 10.5. The number of hydrogen-bond donors (Lipinski definition) is 2. The Hall–Kier alpha value is -3.81. The molecule has 0 bridgehead atoms. The molecule has 0 saturated heterocycles. The van der Waals surface area contributed by atoms with E-state index in [2.05, 4.69) is 22.9 Å². The molecular weight excluding hydrogens is 408 g/mol. The lowest BCUT2D eigenvalue weighted by Crippen LogP contribution is -2.41. The quantitative estimate of drug-likeness (QED) is 0.414. The Morgan fingerprint density at radius 1 is 1.00 bits per heavy atom. The predicted octanol–water partition coefficient (Wildman–Crippen LogP) is 3.75. The molecule has 1 aromatic heterocycles. The van der Waals surface area contributed by atoms with Crippen molar-refractivity contribution in [3.05, 3.63) is 71.0 Å². The molecule has 2 amide bonds. The molecule has 0 aliphatic carbocycles. The predicted molar refractivity (Wildman–Crippen MR) is 121 cm³/mol. The molecule has 0 aliphatic heterocycles. The molecule has 2 aromatic carbocycles. The first-order valence-corrected chi connectivity index (χ1v) is 10.5. The van der Waals surface area contributed by atoms with Crippen LogP contribution in [0, 0.1) is 13.8 Å². The summed E-state index contributed by atoms with van der Waals surface area (Å²) >= 11 is 0. The van der Waals surface area contributed by atoms with E-state index in [0.717, 1.165) is 24.1 Å². The van der Waals surface area contributed by atoms with Crippen molar-refractivity contribution in [1.82, 2.24) is 20.6 Å². The minimum Gasteiger partial charge on any atom is -0.493 e. The number of nitrogens with one attached hydrogen (secondary N) is 2. The van der Waals surface area contributed by atoms with E-state index in [4.69, 9.17) is 9.47 Å². The van der Waals surface area contributed by atoms with E-state index >= 15 is 0 Å². The van der Waals surface area contributed by atoms with Crippen LogP contribution >= 0.6 is 0 Å². The molecule has 0 atom stereocenters. The highest BCUT2D eigenvalue weighted by atomic mass is 16.5. The molecule has 0 fully saturated rings. The second kappa shape index (κ2) is 10.5. The maximum Gasteiger partial charge on any atom is 0.273 e. The van der Waals surface area contributed by atoms with Gasteiger partial charge in [0.25, 0.3) is 11.8 Å². The van der Waals surface area contributed by atoms with Gasteiger partial charge < -0.3 is 9.47 Å². The van der Waals surface area contributed by atoms with E-state index in [1.54, 1.807) is 29.8 Å². The highest BCUT2D eigenvalue weighted by Crippen LogP contribution is 2.28. The van der Waals surface area contributed by atoms with Crippen molar-refractivity contribution in [2.24, 2.45) is 0 Å². The van der Waals surface area contributed by atoms with Gasteiger partial charge in [0, 0.05) is 5.56 Å². The summed E-state index contributed by atoms with van der Waals surface area (Å²) in [5.74, 6) is 0.0945. The Bertz CT molecular complexity index is 1090. The fourth-order valence-corrected chi connectivity index (χ4v) is 3.09. The molecule has 0 saturated carbocycles. The Balaban J connectivity index is 1.65. The van der Waals surface area contributed by atoms with Crippen LogP contribution in [0.4, 0.5) is 0 Å². The zero-order valence-corrected chi connectivity index (χ0v) is 18.8.